The molecule has 1 aromatic carbocycles. The van der Waals surface area contributed by atoms with Gasteiger partial charge < -0.3 is 5.73 Å². The minimum atomic E-state index is -0.386. The van der Waals surface area contributed by atoms with Gasteiger partial charge in [-0.05, 0) is 18.2 Å². The number of nitrogens with two attached hydrogens (primary N) is 1. The van der Waals surface area contributed by atoms with Gasteiger partial charge in [0.05, 0.1) is 0 Å². The van der Waals surface area contributed by atoms with Crippen molar-refractivity contribution in [2.24, 2.45) is 10.5 Å². The van der Waals surface area contributed by atoms with Crippen molar-refractivity contribution in [3.05, 3.63) is 35.4 Å². The SMILES string of the molecule is Cc1ccc(C(N)=NP(C(C)C)C(C)C)cc1. The van der Waals surface area contributed by atoms with Crippen LogP contribution in [0.5, 0.6) is 0 Å². The highest BCUT2D eigenvalue weighted by Gasteiger charge is 2.16. The molecule has 17 heavy (non-hydrogen) atoms. The summed E-state index contributed by atoms with van der Waals surface area (Å²) in [5, 5.41) is 0. The van der Waals surface area contributed by atoms with Crippen LogP contribution in [0.2, 0.25) is 0 Å². The van der Waals surface area contributed by atoms with Crippen LogP contribution >= 0.6 is 8.07 Å². The summed E-state index contributed by atoms with van der Waals surface area (Å²) in [5.74, 6) is 0.679. The van der Waals surface area contributed by atoms with Crippen LogP contribution in [0, 0.1) is 6.92 Å². The predicted molar refractivity (Wildman–Crippen MR) is 79.1 cm³/mol. The molecule has 0 aliphatic carbocycles. The summed E-state index contributed by atoms with van der Waals surface area (Å²) in [6.07, 6.45) is 0. The first-order valence-corrected chi connectivity index (χ1v) is 7.54. The number of nitrogens with zero attached hydrogens (tertiary/aromatic N) is 1. The molecule has 1 rings (SSSR count). The molecule has 0 aliphatic heterocycles. The zero-order valence-corrected chi connectivity index (χ0v) is 12.3. The van der Waals surface area contributed by atoms with E-state index >= 15 is 0 Å². The quantitative estimate of drug-likeness (QED) is 0.491. The number of rotatable bonds is 4. The molecule has 0 radical (unpaired) electrons. The number of hydrogen-bond acceptors (Lipinski definition) is 1. The maximum atomic E-state index is 6.09. The Morgan fingerprint density at radius 1 is 1.06 bits per heavy atom. The van der Waals surface area contributed by atoms with Crippen LogP contribution in [0.15, 0.2) is 29.0 Å². The summed E-state index contributed by atoms with van der Waals surface area (Å²) in [7, 11) is -0.386. The summed E-state index contributed by atoms with van der Waals surface area (Å²) in [6.45, 7) is 11.0. The molecule has 2 N–H and O–H groups in total. The van der Waals surface area contributed by atoms with Crippen molar-refractivity contribution >= 4 is 13.9 Å². The van der Waals surface area contributed by atoms with Crippen LogP contribution in [0.1, 0.15) is 38.8 Å². The Morgan fingerprint density at radius 3 is 1.94 bits per heavy atom. The number of hydrogen-bond donors (Lipinski definition) is 1. The average molecular weight is 250 g/mol. The van der Waals surface area contributed by atoms with Crippen LogP contribution < -0.4 is 5.73 Å². The lowest BCUT2D eigenvalue weighted by Crippen LogP contribution is -2.15. The van der Waals surface area contributed by atoms with Gasteiger partial charge in [0.1, 0.15) is 5.84 Å². The predicted octanol–water partition coefficient (Wildman–Crippen LogP) is 3.91. The van der Waals surface area contributed by atoms with E-state index in [4.69, 9.17) is 10.5 Å². The molecular formula is C14H23N2P. The molecule has 1 aromatic rings. The van der Waals surface area contributed by atoms with Gasteiger partial charge in [-0.15, -0.1) is 0 Å². The summed E-state index contributed by atoms with van der Waals surface area (Å²) >= 11 is 0. The van der Waals surface area contributed by atoms with Crippen molar-refractivity contribution in [1.29, 1.82) is 0 Å². The Hall–Kier alpha value is -0.880. The fourth-order valence-electron chi connectivity index (χ4n) is 1.73. The third-order valence-electron chi connectivity index (χ3n) is 2.63. The Bertz CT molecular complexity index is 372. The lowest BCUT2D eigenvalue weighted by molar-refractivity contribution is 1.01. The Morgan fingerprint density at radius 2 is 1.53 bits per heavy atom. The topological polar surface area (TPSA) is 38.4 Å². The van der Waals surface area contributed by atoms with Gasteiger partial charge >= 0.3 is 0 Å². The van der Waals surface area contributed by atoms with Crippen LogP contribution in [-0.2, 0) is 0 Å². The molecule has 0 saturated heterocycles. The molecule has 2 nitrogen and oxygen atoms in total. The molecule has 0 heterocycles. The highest BCUT2D eigenvalue weighted by Crippen LogP contribution is 2.47. The molecule has 0 unspecified atom stereocenters. The molecule has 0 aliphatic rings. The van der Waals surface area contributed by atoms with Gasteiger partial charge in [0, 0.05) is 13.6 Å². The molecule has 0 aromatic heterocycles. The fraction of sp³-hybridized carbons (Fsp3) is 0.500. The molecular weight excluding hydrogens is 227 g/mol. The maximum Gasteiger partial charge on any atom is 0.129 e. The fourth-order valence-corrected chi connectivity index (χ4v) is 3.75. The summed E-state index contributed by atoms with van der Waals surface area (Å²) in [4.78, 5) is 0. The highest BCUT2D eigenvalue weighted by atomic mass is 31.1. The van der Waals surface area contributed by atoms with Gasteiger partial charge in [-0.25, -0.2) is 4.76 Å². The standard InChI is InChI=1S/C14H23N2P/c1-10(2)17(11(3)4)16-14(15)13-8-6-12(5)7-9-13/h6-11H,1-5H3,(H2,15,16). The second kappa shape index (κ2) is 6.16. The number of amidine groups is 1. The Labute approximate surface area is 106 Å². The van der Waals surface area contributed by atoms with Crippen LogP contribution in [0.4, 0.5) is 0 Å². The van der Waals surface area contributed by atoms with E-state index in [2.05, 4.69) is 46.8 Å². The Balaban J connectivity index is 2.94. The van der Waals surface area contributed by atoms with E-state index in [9.17, 15) is 0 Å². The second-order valence-corrected chi connectivity index (χ2v) is 7.94. The molecule has 0 atom stereocenters. The average Bonchev–Trinajstić information content (AvgIpc) is 2.25. The van der Waals surface area contributed by atoms with E-state index in [1.165, 1.54) is 5.56 Å². The van der Waals surface area contributed by atoms with Gasteiger partial charge in [-0.3, -0.25) is 0 Å². The smallest absolute Gasteiger partial charge is 0.129 e. The Kier molecular flexibility index (Phi) is 5.14. The van der Waals surface area contributed by atoms with E-state index in [1.807, 2.05) is 12.1 Å². The van der Waals surface area contributed by atoms with Gasteiger partial charge in [-0.1, -0.05) is 57.5 Å². The van der Waals surface area contributed by atoms with Gasteiger partial charge in [0.25, 0.3) is 0 Å². The van der Waals surface area contributed by atoms with Crippen molar-refractivity contribution in [2.45, 2.75) is 45.9 Å². The monoisotopic (exact) mass is 250 g/mol. The minimum Gasteiger partial charge on any atom is -0.383 e. The van der Waals surface area contributed by atoms with Gasteiger partial charge in [0.2, 0.25) is 0 Å². The molecule has 0 spiro atoms. The van der Waals surface area contributed by atoms with E-state index in [0.29, 0.717) is 17.2 Å². The lowest BCUT2D eigenvalue weighted by Gasteiger charge is -2.21. The van der Waals surface area contributed by atoms with Crippen LogP contribution in [0.25, 0.3) is 0 Å². The highest BCUT2D eigenvalue weighted by molar-refractivity contribution is 7.57. The first-order chi connectivity index (χ1) is 7.91. The van der Waals surface area contributed by atoms with E-state index in [-0.39, 0.29) is 8.07 Å². The second-order valence-electron chi connectivity index (χ2n) is 4.92. The third kappa shape index (κ3) is 4.12. The van der Waals surface area contributed by atoms with Crippen molar-refractivity contribution in [3.8, 4) is 0 Å². The summed E-state index contributed by atoms with van der Waals surface area (Å²) < 4.78 is 4.73. The first-order valence-electron chi connectivity index (χ1n) is 6.11. The van der Waals surface area contributed by atoms with Crippen molar-refractivity contribution in [2.75, 3.05) is 0 Å². The van der Waals surface area contributed by atoms with Crippen molar-refractivity contribution in [1.82, 2.24) is 0 Å². The minimum absolute atomic E-state index is 0.386. The van der Waals surface area contributed by atoms with Crippen LogP contribution in [-0.4, -0.2) is 17.2 Å². The van der Waals surface area contributed by atoms with E-state index in [0.717, 1.165) is 5.56 Å². The van der Waals surface area contributed by atoms with Crippen molar-refractivity contribution < 1.29 is 0 Å². The van der Waals surface area contributed by atoms with Crippen molar-refractivity contribution in [3.63, 3.8) is 0 Å². The van der Waals surface area contributed by atoms with Gasteiger partial charge in [0.15, 0.2) is 0 Å². The maximum absolute atomic E-state index is 6.09. The molecule has 3 heteroatoms. The molecule has 0 amide bonds. The molecule has 0 fully saturated rings. The molecule has 0 saturated carbocycles. The first kappa shape index (κ1) is 14.2. The largest absolute Gasteiger partial charge is 0.383 e. The van der Waals surface area contributed by atoms with Gasteiger partial charge in [-0.2, -0.15) is 0 Å². The van der Waals surface area contributed by atoms with Crippen LogP contribution in [0.3, 0.4) is 0 Å². The van der Waals surface area contributed by atoms with E-state index < -0.39 is 0 Å². The third-order valence-corrected chi connectivity index (χ3v) is 5.19. The van der Waals surface area contributed by atoms with E-state index in [1.54, 1.807) is 0 Å². The zero-order chi connectivity index (χ0) is 13.0. The lowest BCUT2D eigenvalue weighted by atomic mass is 10.1. The number of benzene rings is 1. The number of aryl methyl sites for hydroxylation is 1. The molecule has 94 valence electrons. The molecule has 0 bridgehead atoms. The normalized spacial score (nSPS) is 12.8. The summed E-state index contributed by atoms with van der Waals surface area (Å²) in [6, 6.07) is 8.24. The zero-order valence-electron chi connectivity index (χ0n) is 11.4. The summed E-state index contributed by atoms with van der Waals surface area (Å²) in [5.41, 5.74) is 9.52.